The van der Waals surface area contributed by atoms with Crippen molar-refractivity contribution in [2.24, 2.45) is 0 Å². The van der Waals surface area contributed by atoms with Crippen molar-refractivity contribution in [3.05, 3.63) is 30.1 Å². The molecule has 0 radical (unpaired) electrons. The number of ether oxygens (including phenoxy) is 2. The predicted octanol–water partition coefficient (Wildman–Crippen LogP) is 0.389. The number of carbonyl (C=O) groups is 3. The van der Waals surface area contributed by atoms with E-state index in [1.807, 2.05) is 0 Å². The molecule has 0 aromatic heterocycles. The van der Waals surface area contributed by atoms with Crippen LogP contribution in [0.25, 0.3) is 0 Å². The highest BCUT2D eigenvalue weighted by atomic mass is 19.1. The van der Waals surface area contributed by atoms with Crippen molar-refractivity contribution < 1.29 is 28.2 Å². The average Bonchev–Trinajstić information content (AvgIpc) is 2.52. The second-order valence-corrected chi connectivity index (χ2v) is 4.56. The first-order valence-electron chi connectivity index (χ1n) is 7.04. The van der Waals surface area contributed by atoms with Crippen molar-refractivity contribution >= 4 is 17.8 Å². The van der Waals surface area contributed by atoms with Gasteiger partial charge in [-0.2, -0.15) is 0 Å². The fourth-order valence-electron chi connectivity index (χ4n) is 1.56. The molecule has 1 aromatic carbocycles. The van der Waals surface area contributed by atoms with Crippen molar-refractivity contribution in [1.29, 1.82) is 0 Å². The number of hydrogen-bond donors (Lipinski definition) is 2. The summed E-state index contributed by atoms with van der Waals surface area (Å²) in [6.07, 6.45) is 0. The zero-order valence-electron chi connectivity index (χ0n) is 12.9. The molecule has 1 rings (SSSR count). The third-order valence-corrected chi connectivity index (χ3v) is 2.67. The molecule has 2 N–H and O–H groups in total. The molecule has 8 heteroatoms. The van der Waals surface area contributed by atoms with Crippen LogP contribution in [-0.4, -0.2) is 43.6 Å². The van der Waals surface area contributed by atoms with Crippen LogP contribution in [0.3, 0.4) is 0 Å². The lowest BCUT2D eigenvalue weighted by molar-refractivity contribution is -0.150. The molecule has 0 aliphatic heterocycles. The van der Waals surface area contributed by atoms with E-state index in [1.54, 1.807) is 13.0 Å². The highest BCUT2D eigenvalue weighted by Crippen LogP contribution is 2.14. The molecule has 2 amide bonds. The normalized spacial score (nSPS) is 11.3. The number of hydrogen-bond acceptors (Lipinski definition) is 5. The molecular weight excluding hydrogens is 307 g/mol. The Morgan fingerprint density at radius 3 is 2.57 bits per heavy atom. The van der Waals surface area contributed by atoms with Gasteiger partial charge in [0.15, 0.2) is 24.8 Å². The van der Waals surface area contributed by atoms with E-state index in [2.05, 4.69) is 15.4 Å². The molecule has 1 atom stereocenters. The van der Waals surface area contributed by atoms with E-state index in [9.17, 15) is 18.8 Å². The Balaban J connectivity index is 2.29. The quantitative estimate of drug-likeness (QED) is 0.674. The molecule has 0 bridgehead atoms. The Bertz CT molecular complexity index is 565. The molecule has 23 heavy (non-hydrogen) atoms. The maximum absolute atomic E-state index is 13.3. The number of benzene rings is 1. The highest BCUT2D eigenvalue weighted by molar-refractivity contribution is 5.88. The van der Waals surface area contributed by atoms with Crippen LogP contribution in [0, 0.1) is 5.82 Å². The summed E-state index contributed by atoms with van der Waals surface area (Å²) in [6.45, 7) is 2.63. The first-order chi connectivity index (χ1) is 10.9. The Morgan fingerprint density at radius 1 is 1.22 bits per heavy atom. The molecule has 7 nitrogen and oxygen atoms in total. The third-order valence-electron chi connectivity index (χ3n) is 2.67. The van der Waals surface area contributed by atoms with Gasteiger partial charge in [0.25, 0.3) is 5.91 Å². The summed E-state index contributed by atoms with van der Waals surface area (Å²) in [7, 11) is 0. The zero-order chi connectivity index (χ0) is 17.2. The van der Waals surface area contributed by atoms with E-state index in [1.165, 1.54) is 25.1 Å². The summed E-state index contributed by atoms with van der Waals surface area (Å²) in [5, 5.41) is 4.92. The molecule has 0 saturated heterocycles. The number of nitrogens with one attached hydrogen (secondary N) is 2. The van der Waals surface area contributed by atoms with Crippen LogP contribution in [0.5, 0.6) is 5.75 Å². The number of halogens is 1. The highest BCUT2D eigenvalue weighted by Gasteiger charge is 2.16. The SMILES string of the molecule is CCNC(=O)[C@@H](C)NC(=O)COC(=O)COc1ccccc1F. The Hall–Kier alpha value is -2.64. The summed E-state index contributed by atoms with van der Waals surface area (Å²) in [4.78, 5) is 34.4. The van der Waals surface area contributed by atoms with E-state index < -0.39 is 36.9 Å². The number of amides is 2. The van der Waals surface area contributed by atoms with E-state index in [0.717, 1.165) is 0 Å². The second kappa shape index (κ2) is 9.39. The fraction of sp³-hybridized carbons (Fsp3) is 0.400. The Kier molecular flexibility index (Phi) is 7.52. The number of esters is 1. The van der Waals surface area contributed by atoms with Gasteiger partial charge in [0.1, 0.15) is 6.04 Å². The molecule has 1 aromatic rings. The third kappa shape index (κ3) is 6.77. The van der Waals surface area contributed by atoms with Gasteiger partial charge in [-0.15, -0.1) is 0 Å². The summed E-state index contributed by atoms with van der Waals surface area (Å²) in [5.41, 5.74) is 0. The summed E-state index contributed by atoms with van der Waals surface area (Å²) >= 11 is 0. The topological polar surface area (TPSA) is 93.7 Å². The average molecular weight is 326 g/mol. The molecule has 126 valence electrons. The summed E-state index contributed by atoms with van der Waals surface area (Å²) in [5.74, 6) is -2.47. The van der Waals surface area contributed by atoms with Gasteiger partial charge in [-0.3, -0.25) is 9.59 Å². The van der Waals surface area contributed by atoms with Crippen LogP contribution in [-0.2, 0) is 19.1 Å². The molecule has 0 spiro atoms. The van der Waals surface area contributed by atoms with E-state index in [-0.39, 0.29) is 11.7 Å². The van der Waals surface area contributed by atoms with Crippen molar-refractivity contribution in [2.75, 3.05) is 19.8 Å². The smallest absolute Gasteiger partial charge is 0.344 e. The van der Waals surface area contributed by atoms with Gasteiger partial charge >= 0.3 is 5.97 Å². The molecule has 0 saturated carbocycles. The predicted molar refractivity (Wildman–Crippen MR) is 79.1 cm³/mol. The number of carbonyl (C=O) groups excluding carboxylic acids is 3. The zero-order valence-corrected chi connectivity index (χ0v) is 12.9. The van der Waals surface area contributed by atoms with Crippen LogP contribution < -0.4 is 15.4 Å². The minimum absolute atomic E-state index is 0.0845. The largest absolute Gasteiger partial charge is 0.479 e. The van der Waals surface area contributed by atoms with Crippen molar-refractivity contribution in [2.45, 2.75) is 19.9 Å². The van der Waals surface area contributed by atoms with Crippen LogP contribution in [0.4, 0.5) is 4.39 Å². The summed E-state index contributed by atoms with van der Waals surface area (Å²) in [6, 6.07) is 4.86. The monoisotopic (exact) mass is 326 g/mol. The number of likely N-dealkylation sites (N-methyl/N-ethyl adjacent to an activating group) is 1. The maximum atomic E-state index is 13.3. The van der Waals surface area contributed by atoms with Crippen LogP contribution in [0.1, 0.15) is 13.8 Å². The van der Waals surface area contributed by atoms with Gasteiger partial charge in [-0.25, -0.2) is 9.18 Å². The second-order valence-electron chi connectivity index (χ2n) is 4.56. The Labute approximate surface area is 133 Å². The fourth-order valence-corrected chi connectivity index (χ4v) is 1.56. The van der Waals surface area contributed by atoms with Crippen LogP contribution in [0.2, 0.25) is 0 Å². The van der Waals surface area contributed by atoms with E-state index in [0.29, 0.717) is 6.54 Å². The lowest BCUT2D eigenvalue weighted by Crippen LogP contribution is -2.46. The van der Waals surface area contributed by atoms with Gasteiger partial charge in [0.2, 0.25) is 5.91 Å². The van der Waals surface area contributed by atoms with E-state index in [4.69, 9.17) is 4.74 Å². The minimum atomic E-state index is -0.825. The molecular formula is C15H19FN2O5. The van der Waals surface area contributed by atoms with Gasteiger partial charge in [-0.05, 0) is 26.0 Å². The maximum Gasteiger partial charge on any atom is 0.344 e. The van der Waals surface area contributed by atoms with Gasteiger partial charge < -0.3 is 20.1 Å². The van der Waals surface area contributed by atoms with Gasteiger partial charge in [-0.1, -0.05) is 12.1 Å². The molecule has 0 heterocycles. The van der Waals surface area contributed by atoms with Crippen LogP contribution in [0.15, 0.2) is 24.3 Å². The van der Waals surface area contributed by atoms with E-state index >= 15 is 0 Å². The lowest BCUT2D eigenvalue weighted by Gasteiger charge is -2.13. The lowest BCUT2D eigenvalue weighted by atomic mass is 10.3. The van der Waals surface area contributed by atoms with Gasteiger partial charge in [0, 0.05) is 6.54 Å². The number of para-hydroxylation sites is 1. The molecule has 0 aliphatic rings. The van der Waals surface area contributed by atoms with Crippen molar-refractivity contribution in [1.82, 2.24) is 10.6 Å². The Morgan fingerprint density at radius 2 is 1.91 bits per heavy atom. The van der Waals surface area contributed by atoms with Gasteiger partial charge in [0.05, 0.1) is 0 Å². The standard InChI is InChI=1S/C15H19FN2O5/c1-3-17-15(21)10(2)18-13(19)8-23-14(20)9-22-12-7-5-4-6-11(12)16/h4-7,10H,3,8-9H2,1-2H3,(H,17,21)(H,18,19)/t10-/m1/s1. The van der Waals surface area contributed by atoms with Crippen LogP contribution >= 0.6 is 0 Å². The van der Waals surface area contributed by atoms with Crippen molar-refractivity contribution in [3.8, 4) is 5.75 Å². The number of rotatable bonds is 8. The molecule has 0 fully saturated rings. The van der Waals surface area contributed by atoms with Crippen molar-refractivity contribution in [3.63, 3.8) is 0 Å². The minimum Gasteiger partial charge on any atom is -0.479 e. The molecule has 0 aliphatic carbocycles. The first kappa shape index (κ1) is 18.4. The molecule has 0 unspecified atom stereocenters. The first-order valence-corrected chi connectivity index (χ1v) is 7.04. The summed E-state index contributed by atoms with van der Waals surface area (Å²) < 4.78 is 22.9.